The quantitative estimate of drug-likeness (QED) is 0.543. The second kappa shape index (κ2) is 6.24. The van der Waals surface area contributed by atoms with Crippen LogP contribution in [0.1, 0.15) is 6.42 Å². The van der Waals surface area contributed by atoms with Crippen molar-refractivity contribution in [3.8, 4) is 0 Å². The Morgan fingerprint density at radius 1 is 1.39 bits per heavy atom. The van der Waals surface area contributed by atoms with Gasteiger partial charge in [0.25, 0.3) is 0 Å². The third-order valence-corrected chi connectivity index (χ3v) is 3.12. The number of amides is 2. The highest BCUT2D eigenvalue weighted by Gasteiger charge is 2.27. The van der Waals surface area contributed by atoms with Crippen LogP contribution >= 0.6 is 11.8 Å². The summed E-state index contributed by atoms with van der Waals surface area (Å²) in [7, 11) is 0. The van der Waals surface area contributed by atoms with Gasteiger partial charge in [0.15, 0.2) is 0 Å². The van der Waals surface area contributed by atoms with E-state index in [9.17, 15) is 19.2 Å². The second-order valence-electron chi connectivity index (χ2n) is 3.63. The summed E-state index contributed by atoms with van der Waals surface area (Å²) >= 11 is 1.35. The summed E-state index contributed by atoms with van der Waals surface area (Å²) in [5, 5.41) is 19.3. The first-order chi connectivity index (χ1) is 8.40. The molecule has 2 amide bonds. The Labute approximate surface area is 106 Å². The number of hydrogen-bond donors (Lipinski definition) is 3. The molecule has 1 unspecified atom stereocenters. The van der Waals surface area contributed by atoms with E-state index in [1.165, 1.54) is 16.7 Å². The van der Waals surface area contributed by atoms with Crippen molar-refractivity contribution < 1.29 is 29.4 Å². The number of hydrogen-bond acceptors (Lipinski definition) is 5. The second-order valence-corrected chi connectivity index (χ2v) is 4.58. The van der Waals surface area contributed by atoms with Gasteiger partial charge in [0, 0.05) is 0 Å². The molecule has 0 aromatic rings. The normalized spacial score (nSPS) is 16.4. The van der Waals surface area contributed by atoms with Crippen LogP contribution < -0.4 is 5.32 Å². The molecule has 1 saturated heterocycles. The van der Waals surface area contributed by atoms with Crippen LogP contribution in [0.5, 0.6) is 0 Å². The number of carbonyl (C=O) groups excluding carboxylic acids is 2. The average molecular weight is 276 g/mol. The SMILES string of the molecule is O=C(O)CC(NC(=O)CN1CSCC1=O)C(=O)O. The van der Waals surface area contributed by atoms with Gasteiger partial charge in [0.05, 0.1) is 18.1 Å². The van der Waals surface area contributed by atoms with E-state index in [0.29, 0.717) is 11.6 Å². The lowest BCUT2D eigenvalue weighted by molar-refractivity contribution is -0.147. The summed E-state index contributed by atoms with van der Waals surface area (Å²) in [5.74, 6) is -2.95. The molecule has 0 spiro atoms. The fourth-order valence-electron chi connectivity index (χ4n) is 1.33. The van der Waals surface area contributed by atoms with E-state index in [4.69, 9.17) is 10.2 Å². The molecule has 1 atom stereocenters. The van der Waals surface area contributed by atoms with Crippen molar-refractivity contribution >= 4 is 35.5 Å². The molecule has 0 radical (unpaired) electrons. The molecule has 1 rings (SSSR count). The maximum absolute atomic E-state index is 11.5. The van der Waals surface area contributed by atoms with Gasteiger partial charge in [-0.3, -0.25) is 14.4 Å². The lowest BCUT2D eigenvalue weighted by Crippen LogP contribution is -2.46. The van der Waals surface area contributed by atoms with Crippen LogP contribution in [0.15, 0.2) is 0 Å². The molecule has 0 bridgehead atoms. The first-order valence-electron chi connectivity index (χ1n) is 4.99. The van der Waals surface area contributed by atoms with Gasteiger partial charge in [0.2, 0.25) is 11.8 Å². The molecule has 1 aliphatic rings. The predicted molar refractivity (Wildman–Crippen MR) is 60.9 cm³/mol. The Balaban J connectivity index is 2.48. The highest BCUT2D eigenvalue weighted by molar-refractivity contribution is 8.00. The molecule has 0 aliphatic carbocycles. The van der Waals surface area contributed by atoms with Crippen molar-refractivity contribution in [3.05, 3.63) is 0 Å². The number of nitrogens with zero attached hydrogens (tertiary/aromatic N) is 1. The van der Waals surface area contributed by atoms with Gasteiger partial charge in [-0.1, -0.05) is 0 Å². The number of aliphatic carboxylic acids is 2. The molecule has 0 aromatic carbocycles. The average Bonchev–Trinajstić information content (AvgIpc) is 2.62. The van der Waals surface area contributed by atoms with Crippen molar-refractivity contribution in [2.75, 3.05) is 18.2 Å². The van der Waals surface area contributed by atoms with Gasteiger partial charge in [-0.25, -0.2) is 4.79 Å². The molecule has 9 heteroatoms. The zero-order valence-electron chi connectivity index (χ0n) is 9.29. The Kier molecular flexibility index (Phi) is 4.95. The lowest BCUT2D eigenvalue weighted by atomic mass is 10.2. The van der Waals surface area contributed by atoms with Crippen LogP contribution in [0.2, 0.25) is 0 Å². The van der Waals surface area contributed by atoms with Crippen LogP contribution in [0.3, 0.4) is 0 Å². The van der Waals surface area contributed by atoms with Crippen molar-refractivity contribution in [1.29, 1.82) is 0 Å². The van der Waals surface area contributed by atoms with E-state index in [2.05, 4.69) is 5.32 Å². The van der Waals surface area contributed by atoms with Crippen molar-refractivity contribution in [1.82, 2.24) is 10.2 Å². The molecule has 3 N–H and O–H groups in total. The molecule has 1 aliphatic heterocycles. The fraction of sp³-hybridized carbons (Fsp3) is 0.556. The zero-order valence-corrected chi connectivity index (χ0v) is 10.1. The minimum atomic E-state index is -1.49. The van der Waals surface area contributed by atoms with Crippen molar-refractivity contribution in [2.24, 2.45) is 0 Å². The van der Waals surface area contributed by atoms with Gasteiger partial charge in [0.1, 0.15) is 12.6 Å². The largest absolute Gasteiger partial charge is 0.481 e. The number of thioether (sulfide) groups is 1. The first-order valence-corrected chi connectivity index (χ1v) is 6.15. The summed E-state index contributed by atoms with van der Waals surface area (Å²) in [6, 6.07) is -1.49. The standard InChI is InChI=1S/C9H12N2O6S/c12-6(2-11-4-18-3-7(11)13)10-5(9(16)17)1-8(14)15/h5H,1-4H2,(H,10,12)(H,14,15)(H,16,17). The van der Waals surface area contributed by atoms with Gasteiger partial charge >= 0.3 is 11.9 Å². The highest BCUT2D eigenvalue weighted by atomic mass is 32.2. The van der Waals surface area contributed by atoms with E-state index in [1.54, 1.807) is 0 Å². The van der Waals surface area contributed by atoms with Crippen molar-refractivity contribution in [2.45, 2.75) is 12.5 Å². The highest BCUT2D eigenvalue weighted by Crippen LogP contribution is 2.13. The van der Waals surface area contributed by atoms with Crippen molar-refractivity contribution in [3.63, 3.8) is 0 Å². The summed E-state index contributed by atoms with van der Waals surface area (Å²) in [4.78, 5) is 45.1. The summed E-state index contributed by atoms with van der Waals surface area (Å²) < 4.78 is 0. The predicted octanol–water partition coefficient (Wildman–Crippen LogP) is -1.44. The van der Waals surface area contributed by atoms with Gasteiger partial charge in [-0.05, 0) is 0 Å². The fourth-order valence-corrected chi connectivity index (χ4v) is 2.23. The van der Waals surface area contributed by atoms with E-state index in [0.717, 1.165) is 0 Å². The number of carboxylic acids is 2. The third kappa shape index (κ3) is 4.24. The monoisotopic (exact) mass is 276 g/mol. The number of carbonyl (C=O) groups is 4. The van der Waals surface area contributed by atoms with E-state index in [-0.39, 0.29) is 12.5 Å². The molecule has 1 heterocycles. The Morgan fingerprint density at radius 3 is 2.50 bits per heavy atom. The van der Waals surface area contributed by atoms with Crippen LogP contribution in [-0.4, -0.2) is 63.1 Å². The molecule has 0 aromatic heterocycles. The summed E-state index contributed by atoms with van der Waals surface area (Å²) in [5.41, 5.74) is 0. The Hall–Kier alpha value is -1.77. The van der Waals surface area contributed by atoms with Crippen LogP contribution in [0, 0.1) is 0 Å². The summed E-state index contributed by atoms with van der Waals surface area (Å²) in [6.07, 6.45) is -0.705. The van der Waals surface area contributed by atoms with E-state index < -0.39 is 30.3 Å². The van der Waals surface area contributed by atoms with Crippen LogP contribution in [0.25, 0.3) is 0 Å². The smallest absolute Gasteiger partial charge is 0.326 e. The number of rotatable bonds is 6. The molecule has 1 fully saturated rings. The molecular formula is C9H12N2O6S. The Bertz CT molecular complexity index is 385. The minimum absolute atomic E-state index is 0.194. The molecule has 18 heavy (non-hydrogen) atoms. The number of carboxylic acid groups (broad SMARTS) is 2. The Morgan fingerprint density at radius 2 is 2.06 bits per heavy atom. The number of nitrogens with one attached hydrogen (secondary N) is 1. The lowest BCUT2D eigenvalue weighted by Gasteiger charge is -2.17. The molecule has 100 valence electrons. The molecular weight excluding hydrogens is 264 g/mol. The summed E-state index contributed by atoms with van der Waals surface area (Å²) in [6.45, 7) is -0.255. The topological polar surface area (TPSA) is 124 Å². The van der Waals surface area contributed by atoms with Gasteiger partial charge in [-0.2, -0.15) is 0 Å². The van der Waals surface area contributed by atoms with Crippen LogP contribution in [-0.2, 0) is 19.2 Å². The van der Waals surface area contributed by atoms with Gasteiger partial charge < -0.3 is 20.4 Å². The third-order valence-electron chi connectivity index (χ3n) is 2.17. The molecule has 0 saturated carbocycles. The van der Waals surface area contributed by atoms with Crippen LogP contribution in [0.4, 0.5) is 0 Å². The maximum Gasteiger partial charge on any atom is 0.326 e. The van der Waals surface area contributed by atoms with E-state index >= 15 is 0 Å². The van der Waals surface area contributed by atoms with Gasteiger partial charge in [-0.15, -0.1) is 11.8 Å². The minimum Gasteiger partial charge on any atom is -0.481 e. The maximum atomic E-state index is 11.5. The zero-order chi connectivity index (χ0) is 13.7. The molecule has 8 nitrogen and oxygen atoms in total. The van der Waals surface area contributed by atoms with E-state index in [1.807, 2.05) is 0 Å². The first kappa shape index (κ1) is 14.3.